The molecule has 8 nitrogen and oxygen atoms in total. The summed E-state index contributed by atoms with van der Waals surface area (Å²) in [7, 11) is 0. The fraction of sp³-hybridized carbons (Fsp3) is 0.500. The number of ketones is 1. The number of rotatable bonds is 7. The van der Waals surface area contributed by atoms with Crippen LogP contribution in [0.4, 0.5) is 4.39 Å². The molecular formula is C28H30FN5O3. The number of carbonyl (C=O) groups excluding carboxylic acids is 2. The van der Waals surface area contributed by atoms with Crippen LogP contribution in [0.3, 0.4) is 0 Å². The predicted molar refractivity (Wildman–Crippen MR) is 132 cm³/mol. The Kier molecular flexibility index (Phi) is 6.52. The Balaban J connectivity index is 1.34. The number of hydrogen-bond donors (Lipinski definition) is 0. The molecule has 0 radical (unpaired) electrons. The van der Waals surface area contributed by atoms with E-state index in [1.54, 1.807) is 38.4 Å². The lowest BCUT2D eigenvalue weighted by Gasteiger charge is -2.43. The van der Waals surface area contributed by atoms with E-state index < -0.39 is 28.7 Å². The van der Waals surface area contributed by atoms with Gasteiger partial charge in [0.15, 0.2) is 11.6 Å². The molecule has 2 aliphatic rings. The highest BCUT2D eigenvalue weighted by atomic mass is 19.1. The van der Waals surface area contributed by atoms with Gasteiger partial charge in [-0.1, -0.05) is 25.0 Å². The summed E-state index contributed by atoms with van der Waals surface area (Å²) >= 11 is 0. The average molecular weight is 504 g/mol. The molecule has 2 fully saturated rings. The van der Waals surface area contributed by atoms with Gasteiger partial charge in [-0.3, -0.25) is 9.59 Å². The van der Waals surface area contributed by atoms with Gasteiger partial charge in [0.2, 0.25) is 0 Å². The van der Waals surface area contributed by atoms with Gasteiger partial charge >= 0.3 is 5.97 Å². The van der Waals surface area contributed by atoms with Crippen LogP contribution >= 0.6 is 0 Å². The lowest BCUT2D eigenvalue weighted by Crippen LogP contribution is -2.52. The number of carbonyl (C=O) groups is 2. The zero-order chi connectivity index (χ0) is 26.2. The van der Waals surface area contributed by atoms with Gasteiger partial charge in [-0.15, -0.1) is 5.10 Å². The number of fused-ring (bicyclic) bond motifs is 1. The summed E-state index contributed by atoms with van der Waals surface area (Å²) in [4.78, 5) is 35.1. The molecule has 2 unspecified atom stereocenters. The minimum atomic E-state index is -0.947. The number of Topliss-reactive ketones (excluding diaryl/α,β-unsaturated/α-hetero) is 1. The Morgan fingerprint density at radius 3 is 2.73 bits per heavy atom. The molecule has 9 heteroatoms. The summed E-state index contributed by atoms with van der Waals surface area (Å²) < 4.78 is 22.5. The van der Waals surface area contributed by atoms with Crippen LogP contribution < -0.4 is 0 Å². The van der Waals surface area contributed by atoms with E-state index in [-0.39, 0.29) is 24.5 Å². The largest absolute Gasteiger partial charge is 0.458 e. The Morgan fingerprint density at radius 2 is 2.05 bits per heavy atom. The van der Waals surface area contributed by atoms with Crippen molar-refractivity contribution in [3.8, 4) is 6.07 Å². The third-order valence-corrected chi connectivity index (χ3v) is 7.92. The van der Waals surface area contributed by atoms with E-state index in [9.17, 15) is 19.2 Å². The van der Waals surface area contributed by atoms with E-state index in [4.69, 9.17) is 4.74 Å². The number of cyclic esters (lactones) is 1. The number of esters is 1. The first-order valence-corrected chi connectivity index (χ1v) is 12.8. The van der Waals surface area contributed by atoms with Crippen LogP contribution in [-0.2, 0) is 32.6 Å². The predicted octanol–water partition coefficient (Wildman–Crippen LogP) is 4.30. The maximum atomic E-state index is 14.8. The number of hydrogen-bond acceptors (Lipinski definition) is 7. The molecule has 1 aliphatic carbocycles. The minimum Gasteiger partial charge on any atom is -0.458 e. The van der Waals surface area contributed by atoms with Crippen molar-refractivity contribution in [2.24, 2.45) is 11.8 Å². The number of aryl methyl sites for hydroxylation is 1. The maximum absolute atomic E-state index is 14.8. The lowest BCUT2D eigenvalue weighted by atomic mass is 9.73. The Morgan fingerprint density at radius 1 is 1.27 bits per heavy atom. The van der Waals surface area contributed by atoms with Gasteiger partial charge in [0.1, 0.15) is 17.3 Å². The van der Waals surface area contributed by atoms with Gasteiger partial charge in [-0.25, -0.2) is 13.9 Å². The van der Waals surface area contributed by atoms with Crippen LogP contribution in [0.25, 0.3) is 5.78 Å². The van der Waals surface area contributed by atoms with E-state index in [0.717, 1.165) is 31.2 Å². The van der Waals surface area contributed by atoms with Gasteiger partial charge in [0, 0.05) is 30.8 Å². The van der Waals surface area contributed by atoms with Crippen LogP contribution in [-0.4, -0.2) is 36.9 Å². The molecule has 3 aromatic rings. The van der Waals surface area contributed by atoms with E-state index in [1.165, 1.54) is 10.6 Å². The van der Waals surface area contributed by atoms with Gasteiger partial charge in [0.25, 0.3) is 5.78 Å². The van der Waals surface area contributed by atoms with Crippen LogP contribution in [0.2, 0.25) is 0 Å². The van der Waals surface area contributed by atoms with Crippen LogP contribution in [0, 0.1) is 29.0 Å². The average Bonchev–Trinajstić information content (AvgIpc) is 3.55. The van der Waals surface area contributed by atoms with Crippen LogP contribution in [0.15, 0.2) is 36.7 Å². The summed E-state index contributed by atoms with van der Waals surface area (Å²) in [6, 6.07) is 8.79. The van der Waals surface area contributed by atoms with Crippen LogP contribution in [0.1, 0.15) is 69.3 Å². The fourth-order valence-electron chi connectivity index (χ4n) is 5.76. The van der Waals surface area contributed by atoms with Crippen molar-refractivity contribution >= 4 is 17.5 Å². The zero-order valence-electron chi connectivity index (χ0n) is 21.1. The molecule has 1 aromatic carbocycles. The second kappa shape index (κ2) is 9.66. The standard InChI is InChI=1S/C28H30FN5O3/c1-27(2,17-30)21-9-8-18(14-22(21)29)10-11-28(19-6-3-4-7-19)16-23(35)20(25(36)37-28)15-24-32-26-31-12-5-13-34(26)33-24/h5,8-9,12-14,19-20H,3-4,6-7,10-11,15-16H2,1-2H3. The zero-order valence-corrected chi connectivity index (χ0v) is 21.1. The van der Waals surface area contributed by atoms with Crippen molar-refractivity contribution in [1.82, 2.24) is 19.6 Å². The van der Waals surface area contributed by atoms with Crippen molar-refractivity contribution in [2.75, 3.05) is 0 Å². The highest BCUT2D eigenvalue weighted by Crippen LogP contribution is 2.45. The van der Waals surface area contributed by atoms with Crippen molar-refractivity contribution in [3.63, 3.8) is 0 Å². The maximum Gasteiger partial charge on any atom is 0.317 e. The molecule has 0 spiro atoms. The summed E-state index contributed by atoms with van der Waals surface area (Å²) in [5.41, 5.74) is -0.725. The topological polar surface area (TPSA) is 110 Å². The molecule has 0 bridgehead atoms. The normalized spacial score (nSPS) is 22.8. The Hall–Kier alpha value is -3.67. The molecule has 37 heavy (non-hydrogen) atoms. The monoisotopic (exact) mass is 503 g/mol. The summed E-state index contributed by atoms with van der Waals surface area (Å²) in [5, 5.41) is 13.7. The number of ether oxygens (including phenoxy) is 1. The first-order valence-electron chi connectivity index (χ1n) is 12.8. The smallest absolute Gasteiger partial charge is 0.317 e. The molecule has 1 saturated heterocycles. The number of benzene rings is 1. The summed E-state index contributed by atoms with van der Waals surface area (Å²) in [6.07, 6.45) is 8.30. The first kappa shape index (κ1) is 25.0. The minimum absolute atomic E-state index is 0.0725. The molecule has 2 atom stereocenters. The second-order valence-electron chi connectivity index (χ2n) is 10.8. The van der Waals surface area contributed by atoms with Crippen molar-refractivity contribution in [2.45, 2.75) is 76.2 Å². The van der Waals surface area contributed by atoms with Gasteiger partial charge in [0.05, 0.1) is 11.5 Å². The SMILES string of the molecule is CC(C)(C#N)c1ccc(CCC2(C3CCCC3)CC(=O)C(Cc3nc4ncccn4n3)C(=O)O2)cc1F. The number of halogens is 1. The van der Waals surface area contributed by atoms with E-state index in [1.807, 2.05) is 6.07 Å². The van der Waals surface area contributed by atoms with E-state index >= 15 is 0 Å². The van der Waals surface area contributed by atoms with Crippen LogP contribution in [0.5, 0.6) is 0 Å². The van der Waals surface area contributed by atoms with E-state index in [2.05, 4.69) is 21.1 Å². The van der Waals surface area contributed by atoms with Gasteiger partial charge in [-0.2, -0.15) is 10.2 Å². The third-order valence-electron chi connectivity index (χ3n) is 7.92. The summed E-state index contributed by atoms with van der Waals surface area (Å²) in [6.45, 7) is 3.37. The van der Waals surface area contributed by atoms with Gasteiger partial charge < -0.3 is 4.74 Å². The fourth-order valence-corrected chi connectivity index (χ4v) is 5.76. The summed E-state index contributed by atoms with van der Waals surface area (Å²) in [5.74, 6) is -1.19. The second-order valence-corrected chi connectivity index (χ2v) is 10.8. The first-order chi connectivity index (χ1) is 17.7. The number of nitrogens with zero attached hydrogens (tertiary/aromatic N) is 5. The Bertz CT molecular complexity index is 1330. The quantitative estimate of drug-likeness (QED) is 0.349. The molecule has 0 amide bonds. The number of nitriles is 1. The molecule has 3 heterocycles. The van der Waals surface area contributed by atoms with Crippen molar-refractivity contribution < 1.29 is 18.7 Å². The lowest BCUT2D eigenvalue weighted by molar-refractivity contribution is -0.185. The van der Waals surface area contributed by atoms with Crippen molar-refractivity contribution in [1.29, 1.82) is 5.26 Å². The van der Waals surface area contributed by atoms with E-state index in [0.29, 0.717) is 30.0 Å². The molecule has 2 aromatic heterocycles. The molecule has 1 saturated carbocycles. The molecule has 5 rings (SSSR count). The highest BCUT2D eigenvalue weighted by Gasteiger charge is 2.51. The Labute approximate surface area is 214 Å². The molecule has 1 aliphatic heterocycles. The molecular weight excluding hydrogens is 473 g/mol. The van der Waals surface area contributed by atoms with Crippen molar-refractivity contribution in [3.05, 3.63) is 59.4 Å². The number of aromatic nitrogens is 4. The highest BCUT2D eigenvalue weighted by molar-refractivity contribution is 6.01. The molecule has 0 N–H and O–H groups in total. The third kappa shape index (κ3) is 4.85. The molecule has 192 valence electrons. The van der Waals surface area contributed by atoms with Gasteiger partial charge in [-0.05, 0) is 63.1 Å².